The van der Waals surface area contributed by atoms with Crippen LogP contribution in [0.5, 0.6) is 5.75 Å². The third-order valence-corrected chi connectivity index (χ3v) is 2.75. The van der Waals surface area contributed by atoms with Crippen LogP contribution in [-0.2, 0) is 4.79 Å². The maximum atomic E-state index is 12.1. The zero-order chi connectivity index (χ0) is 14.0. The number of alkyl halides is 3. The Labute approximate surface area is 107 Å². The Morgan fingerprint density at radius 1 is 1.42 bits per heavy atom. The third kappa shape index (κ3) is 4.04. The quantitative estimate of drug-likeness (QED) is 0.867. The first-order valence-corrected chi connectivity index (χ1v) is 5.70. The number of ether oxygens (including phenoxy) is 1. The SMILES string of the molecule is O=C(O)C(Nc1cccc(OC(F)(F)F)c1)C1CC1. The molecule has 0 radical (unpaired) electrons. The largest absolute Gasteiger partial charge is 0.573 e. The summed E-state index contributed by atoms with van der Waals surface area (Å²) < 4.78 is 40.0. The third-order valence-electron chi connectivity index (χ3n) is 2.75. The van der Waals surface area contributed by atoms with E-state index in [2.05, 4.69) is 10.1 Å². The first-order valence-electron chi connectivity index (χ1n) is 5.70. The van der Waals surface area contributed by atoms with Crippen molar-refractivity contribution in [1.29, 1.82) is 0 Å². The van der Waals surface area contributed by atoms with Gasteiger partial charge in [0.15, 0.2) is 0 Å². The second kappa shape index (κ2) is 4.99. The molecule has 0 heterocycles. The van der Waals surface area contributed by atoms with E-state index in [0.29, 0.717) is 5.69 Å². The lowest BCUT2D eigenvalue weighted by Gasteiger charge is -2.16. The fourth-order valence-electron chi connectivity index (χ4n) is 1.77. The van der Waals surface area contributed by atoms with E-state index in [1.807, 2.05) is 0 Å². The molecule has 7 heteroatoms. The highest BCUT2D eigenvalue weighted by Crippen LogP contribution is 2.35. The molecule has 1 unspecified atom stereocenters. The summed E-state index contributed by atoms with van der Waals surface area (Å²) in [7, 11) is 0. The maximum Gasteiger partial charge on any atom is 0.573 e. The number of aliphatic carboxylic acids is 1. The Hall–Kier alpha value is -1.92. The Balaban J connectivity index is 2.07. The van der Waals surface area contributed by atoms with E-state index in [1.54, 1.807) is 0 Å². The Bertz CT molecular complexity index is 472. The van der Waals surface area contributed by atoms with Crippen molar-refractivity contribution in [3.63, 3.8) is 0 Å². The fourth-order valence-corrected chi connectivity index (χ4v) is 1.77. The van der Waals surface area contributed by atoms with Gasteiger partial charge in [0.25, 0.3) is 0 Å². The van der Waals surface area contributed by atoms with E-state index in [1.165, 1.54) is 12.1 Å². The maximum absolute atomic E-state index is 12.1. The summed E-state index contributed by atoms with van der Waals surface area (Å²) in [5.74, 6) is -1.35. The molecule has 2 N–H and O–H groups in total. The molecule has 1 aromatic rings. The standard InChI is InChI=1S/C12H12F3NO3/c13-12(14,15)19-9-3-1-2-8(6-9)16-10(11(17)18)7-4-5-7/h1-3,6-7,10,16H,4-5H2,(H,17,18). The molecule has 0 amide bonds. The van der Waals surface area contributed by atoms with E-state index >= 15 is 0 Å². The lowest BCUT2D eigenvalue weighted by atomic mass is 10.1. The monoisotopic (exact) mass is 275 g/mol. The molecule has 1 aliphatic carbocycles. The Morgan fingerprint density at radius 3 is 2.63 bits per heavy atom. The molecule has 1 fully saturated rings. The minimum Gasteiger partial charge on any atom is -0.480 e. The predicted octanol–water partition coefficient (Wildman–Crippen LogP) is 2.86. The molecule has 0 bridgehead atoms. The number of rotatable bonds is 5. The van der Waals surface area contributed by atoms with Crippen LogP contribution < -0.4 is 10.1 Å². The van der Waals surface area contributed by atoms with Crippen LogP contribution in [0.3, 0.4) is 0 Å². The molecule has 0 aromatic heterocycles. The number of nitrogens with one attached hydrogen (secondary N) is 1. The lowest BCUT2D eigenvalue weighted by Crippen LogP contribution is -2.31. The predicted molar refractivity (Wildman–Crippen MR) is 60.9 cm³/mol. The van der Waals surface area contributed by atoms with Crippen molar-refractivity contribution in [3.05, 3.63) is 24.3 Å². The molecule has 1 aromatic carbocycles. The smallest absolute Gasteiger partial charge is 0.480 e. The van der Waals surface area contributed by atoms with E-state index in [9.17, 15) is 18.0 Å². The molecule has 1 atom stereocenters. The molecular formula is C12H12F3NO3. The minimum atomic E-state index is -4.76. The highest BCUT2D eigenvalue weighted by molar-refractivity contribution is 5.78. The topological polar surface area (TPSA) is 58.6 Å². The summed E-state index contributed by atoms with van der Waals surface area (Å²) in [6.07, 6.45) is -3.15. The van der Waals surface area contributed by atoms with Gasteiger partial charge in [0, 0.05) is 11.8 Å². The fraction of sp³-hybridized carbons (Fsp3) is 0.417. The molecule has 19 heavy (non-hydrogen) atoms. The normalized spacial score (nSPS) is 16.8. The second-order valence-electron chi connectivity index (χ2n) is 4.37. The van der Waals surface area contributed by atoms with Gasteiger partial charge < -0.3 is 15.2 Å². The van der Waals surface area contributed by atoms with Crippen molar-refractivity contribution < 1.29 is 27.8 Å². The average Bonchev–Trinajstić information content (AvgIpc) is 3.07. The van der Waals surface area contributed by atoms with Gasteiger partial charge in [0.05, 0.1) is 0 Å². The van der Waals surface area contributed by atoms with E-state index < -0.39 is 18.4 Å². The van der Waals surface area contributed by atoms with Gasteiger partial charge in [0.1, 0.15) is 11.8 Å². The molecule has 1 saturated carbocycles. The van der Waals surface area contributed by atoms with Crippen molar-refractivity contribution in [1.82, 2.24) is 0 Å². The molecule has 104 valence electrons. The molecule has 0 saturated heterocycles. The van der Waals surface area contributed by atoms with Crippen molar-refractivity contribution in [2.24, 2.45) is 5.92 Å². The van der Waals surface area contributed by atoms with Crippen molar-refractivity contribution in [2.45, 2.75) is 25.2 Å². The van der Waals surface area contributed by atoms with Crippen LogP contribution in [-0.4, -0.2) is 23.5 Å². The lowest BCUT2D eigenvalue weighted by molar-refractivity contribution is -0.274. The van der Waals surface area contributed by atoms with E-state index in [-0.39, 0.29) is 11.7 Å². The number of carboxylic acids is 1. The first kappa shape index (κ1) is 13.5. The second-order valence-corrected chi connectivity index (χ2v) is 4.37. The molecule has 4 nitrogen and oxygen atoms in total. The highest BCUT2D eigenvalue weighted by Gasteiger charge is 2.36. The van der Waals surface area contributed by atoms with E-state index in [0.717, 1.165) is 25.0 Å². The van der Waals surface area contributed by atoms with Gasteiger partial charge in [-0.3, -0.25) is 0 Å². The van der Waals surface area contributed by atoms with E-state index in [4.69, 9.17) is 5.11 Å². The minimum absolute atomic E-state index is 0.0321. The molecule has 0 aliphatic heterocycles. The van der Waals surface area contributed by atoms with Gasteiger partial charge in [0.2, 0.25) is 0 Å². The summed E-state index contributed by atoms with van der Waals surface area (Å²) >= 11 is 0. The number of carbonyl (C=O) groups is 1. The first-order chi connectivity index (χ1) is 8.85. The number of halogens is 3. The van der Waals surface area contributed by atoms with Gasteiger partial charge >= 0.3 is 12.3 Å². The van der Waals surface area contributed by atoms with Crippen molar-refractivity contribution in [2.75, 3.05) is 5.32 Å². The zero-order valence-electron chi connectivity index (χ0n) is 9.78. The summed E-state index contributed by atoms with van der Waals surface area (Å²) in [5, 5.41) is 11.7. The number of hydrogen-bond donors (Lipinski definition) is 2. The molecule has 2 rings (SSSR count). The summed E-state index contributed by atoms with van der Waals surface area (Å²) in [4.78, 5) is 11.0. The van der Waals surface area contributed by atoms with Gasteiger partial charge in [-0.2, -0.15) is 0 Å². The zero-order valence-corrected chi connectivity index (χ0v) is 9.78. The summed E-state index contributed by atoms with van der Waals surface area (Å²) in [6.45, 7) is 0. The van der Waals surface area contributed by atoms with Crippen LogP contribution >= 0.6 is 0 Å². The van der Waals surface area contributed by atoms with Gasteiger partial charge in [-0.05, 0) is 30.9 Å². The summed E-state index contributed by atoms with van der Waals surface area (Å²) in [5.41, 5.74) is 0.293. The molecule has 1 aliphatic rings. The number of carboxylic acid groups (broad SMARTS) is 1. The van der Waals surface area contributed by atoms with Crippen LogP contribution in [0.1, 0.15) is 12.8 Å². The number of anilines is 1. The van der Waals surface area contributed by atoms with Crippen LogP contribution in [0.2, 0.25) is 0 Å². The van der Waals surface area contributed by atoms with Crippen LogP contribution in [0, 0.1) is 5.92 Å². The van der Waals surface area contributed by atoms with Crippen LogP contribution in [0.25, 0.3) is 0 Å². The van der Waals surface area contributed by atoms with Gasteiger partial charge in [-0.25, -0.2) is 4.79 Å². The Kier molecular flexibility index (Phi) is 3.55. The Morgan fingerprint density at radius 2 is 2.11 bits per heavy atom. The average molecular weight is 275 g/mol. The van der Waals surface area contributed by atoms with Crippen LogP contribution in [0.4, 0.5) is 18.9 Å². The number of benzene rings is 1. The van der Waals surface area contributed by atoms with Gasteiger partial charge in [-0.1, -0.05) is 6.07 Å². The highest BCUT2D eigenvalue weighted by atomic mass is 19.4. The van der Waals surface area contributed by atoms with Crippen molar-refractivity contribution in [3.8, 4) is 5.75 Å². The molecule has 0 spiro atoms. The van der Waals surface area contributed by atoms with Gasteiger partial charge in [-0.15, -0.1) is 13.2 Å². The summed E-state index contributed by atoms with van der Waals surface area (Å²) in [6, 6.07) is 4.38. The van der Waals surface area contributed by atoms with Crippen LogP contribution in [0.15, 0.2) is 24.3 Å². The van der Waals surface area contributed by atoms with Crippen molar-refractivity contribution >= 4 is 11.7 Å². The number of hydrogen-bond acceptors (Lipinski definition) is 3. The molecular weight excluding hydrogens is 263 g/mol.